The fourth-order valence-electron chi connectivity index (χ4n) is 2.18. The normalized spacial score (nSPS) is 13.8. The van der Waals surface area contributed by atoms with E-state index in [2.05, 4.69) is 5.32 Å². The molecule has 2 N–H and O–H groups in total. The third-order valence-electron chi connectivity index (χ3n) is 3.50. The zero-order valence-corrected chi connectivity index (χ0v) is 12.3. The van der Waals surface area contributed by atoms with Gasteiger partial charge in [-0.1, -0.05) is 19.1 Å². The minimum atomic E-state index is -0.993. The first kappa shape index (κ1) is 16.4. The van der Waals surface area contributed by atoms with Gasteiger partial charge >= 0.3 is 5.97 Å². The highest BCUT2D eigenvalue weighted by atomic mass is 19.1. The highest BCUT2D eigenvalue weighted by molar-refractivity contribution is 5.78. The predicted octanol–water partition coefficient (Wildman–Crippen LogP) is 2.49. The van der Waals surface area contributed by atoms with Crippen molar-refractivity contribution in [3.8, 4) is 0 Å². The van der Waals surface area contributed by atoms with Gasteiger partial charge in [0.15, 0.2) is 0 Å². The molecule has 0 aliphatic rings. The topological polar surface area (TPSA) is 52.6 Å². The summed E-state index contributed by atoms with van der Waals surface area (Å²) in [6.45, 7) is 7.14. The molecular formula is C15H23FN2O2. The molecular weight excluding hydrogens is 259 g/mol. The number of carboxylic acids is 1. The third-order valence-corrected chi connectivity index (χ3v) is 3.50. The van der Waals surface area contributed by atoms with Gasteiger partial charge in [-0.05, 0) is 38.9 Å². The monoisotopic (exact) mass is 282 g/mol. The van der Waals surface area contributed by atoms with Crippen LogP contribution >= 0.6 is 0 Å². The van der Waals surface area contributed by atoms with E-state index >= 15 is 0 Å². The maximum atomic E-state index is 13.8. The number of nitrogens with one attached hydrogen (secondary N) is 1. The Morgan fingerprint density at radius 2 is 2.05 bits per heavy atom. The zero-order valence-electron chi connectivity index (χ0n) is 12.3. The molecule has 112 valence electrons. The highest BCUT2D eigenvalue weighted by Gasteiger charge is 2.32. The van der Waals surface area contributed by atoms with E-state index in [-0.39, 0.29) is 5.82 Å². The predicted molar refractivity (Wildman–Crippen MR) is 78.6 cm³/mol. The summed E-state index contributed by atoms with van der Waals surface area (Å²) in [4.78, 5) is 13.2. The molecule has 1 atom stereocenters. The van der Waals surface area contributed by atoms with Crippen LogP contribution < -0.4 is 10.2 Å². The fourth-order valence-corrected chi connectivity index (χ4v) is 2.18. The lowest BCUT2D eigenvalue weighted by Crippen LogP contribution is -2.51. The van der Waals surface area contributed by atoms with Crippen LogP contribution in [0.4, 0.5) is 10.1 Å². The zero-order chi connectivity index (χ0) is 15.2. The quantitative estimate of drug-likeness (QED) is 0.769. The maximum Gasteiger partial charge on any atom is 0.323 e. The molecule has 0 fully saturated rings. The van der Waals surface area contributed by atoms with Crippen LogP contribution in [0.25, 0.3) is 0 Å². The smallest absolute Gasteiger partial charge is 0.323 e. The van der Waals surface area contributed by atoms with Gasteiger partial charge in [0.1, 0.15) is 11.4 Å². The number of carbonyl (C=O) groups is 1. The number of aliphatic carboxylic acids is 1. The molecule has 0 bridgehead atoms. The van der Waals surface area contributed by atoms with Crippen LogP contribution in [0, 0.1) is 5.82 Å². The average molecular weight is 282 g/mol. The van der Waals surface area contributed by atoms with E-state index in [0.29, 0.717) is 31.7 Å². The van der Waals surface area contributed by atoms with Crippen molar-refractivity contribution in [2.75, 3.05) is 24.5 Å². The van der Waals surface area contributed by atoms with Gasteiger partial charge < -0.3 is 15.3 Å². The third kappa shape index (κ3) is 3.93. The molecule has 1 rings (SSSR count). The molecule has 0 spiro atoms. The number of rotatable bonds is 8. The summed E-state index contributed by atoms with van der Waals surface area (Å²) in [6, 6.07) is 6.55. The minimum Gasteiger partial charge on any atom is -0.480 e. The second-order valence-electron chi connectivity index (χ2n) is 4.95. The molecule has 0 heterocycles. The molecule has 0 radical (unpaired) electrons. The van der Waals surface area contributed by atoms with Crippen LogP contribution in [-0.4, -0.2) is 36.2 Å². The van der Waals surface area contributed by atoms with Crippen molar-refractivity contribution < 1.29 is 14.3 Å². The van der Waals surface area contributed by atoms with Crippen molar-refractivity contribution >= 4 is 11.7 Å². The van der Waals surface area contributed by atoms with Gasteiger partial charge in [0.2, 0.25) is 0 Å². The Morgan fingerprint density at radius 1 is 1.40 bits per heavy atom. The number of anilines is 1. The Kier molecular flexibility index (Phi) is 5.95. The molecule has 1 unspecified atom stereocenters. The van der Waals surface area contributed by atoms with Crippen LogP contribution in [-0.2, 0) is 4.79 Å². The number of hydrogen-bond donors (Lipinski definition) is 2. The maximum absolute atomic E-state index is 13.8. The molecule has 20 heavy (non-hydrogen) atoms. The highest BCUT2D eigenvalue weighted by Crippen LogP contribution is 2.20. The summed E-state index contributed by atoms with van der Waals surface area (Å²) in [5.41, 5.74) is -0.479. The molecule has 4 nitrogen and oxygen atoms in total. The second kappa shape index (κ2) is 7.24. The summed E-state index contributed by atoms with van der Waals surface area (Å²) in [6.07, 6.45) is 0.401. The molecule has 1 aromatic rings. The lowest BCUT2D eigenvalue weighted by Gasteiger charge is -2.30. The number of benzene rings is 1. The Bertz CT molecular complexity index is 453. The SMILES string of the molecule is CCNC(C)(CCN(CC)c1ccccc1F)C(=O)O. The van der Waals surface area contributed by atoms with Gasteiger partial charge in [0.05, 0.1) is 5.69 Å². The first-order valence-corrected chi connectivity index (χ1v) is 6.92. The first-order valence-electron chi connectivity index (χ1n) is 6.92. The number of nitrogens with zero attached hydrogens (tertiary/aromatic N) is 1. The summed E-state index contributed by atoms with van der Waals surface area (Å²) in [5.74, 6) is -1.17. The minimum absolute atomic E-state index is 0.283. The molecule has 1 aromatic carbocycles. The average Bonchev–Trinajstić information content (AvgIpc) is 2.41. The van der Waals surface area contributed by atoms with Gasteiger partial charge in [0, 0.05) is 13.1 Å². The van der Waals surface area contributed by atoms with Gasteiger partial charge in [-0.3, -0.25) is 4.79 Å². The van der Waals surface area contributed by atoms with Gasteiger partial charge in [-0.15, -0.1) is 0 Å². The Morgan fingerprint density at radius 3 is 2.55 bits per heavy atom. The molecule has 0 aromatic heterocycles. The summed E-state index contributed by atoms with van der Waals surface area (Å²) in [7, 11) is 0. The fraction of sp³-hybridized carbons (Fsp3) is 0.533. The van der Waals surface area contributed by atoms with Crippen molar-refractivity contribution in [3.05, 3.63) is 30.1 Å². The number of para-hydroxylation sites is 1. The van der Waals surface area contributed by atoms with E-state index in [9.17, 15) is 14.3 Å². The molecule has 0 aliphatic carbocycles. The Labute approximate surface area is 119 Å². The molecule has 0 saturated carbocycles. The number of likely N-dealkylation sites (N-methyl/N-ethyl adjacent to an activating group) is 1. The second-order valence-corrected chi connectivity index (χ2v) is 4.95. The number of halogens is 1. The van der Waals surface area contributed by atoms with E-state index < -0.39 is 11.5 Å². The van der Waals surface area contributed by atoms with E-state index in [1.54, 1.807) is 25.1 Å². The van der Waals surface area contributed by atoms with Crippen LogP contribution in [0.2, 0.25) is 0 Å². The Balaban J connectivity index is 2.79. The van der Waals surface area contributed by atoms with E-state index in [1.807, 2.05) is 18.7 Å². The van der Waals surface area contributed by atoms with Crippen molar-refractivity contribution in [2.24, 2.45) is 0 Å². The van der Waals surface area contributed by atoms with Gasteiger partial charge in [-0.2, -0.15) is 0 Å². The van der Waals surface area contributed by atoms with E-state index in [1.165, 1.54) is 6.07 Å². The Hall–Kier alpha value is -1.62. The lowest BCUT2D eigenvalue weighted by atomic mass is 9.97. The van der Waals surface area contributed by atoms with E-state index in [4.69, 9.17) is 0 Å². The van der Waals surface area contributed by atoms with Crippen LogP contribution in [0.5, 0.6) is 0 Å². The van der Waals surface area contributed by atoms with Crippen molar-refractivity contribution in [2.45, 2.75) is 32.7 Å². The number of carboxylic acid groups (broad SMARTS) is 1. The molecule has 0 aliphatic heterocycles. The number of hydrogen-bond acceptors (Lipinski definition) is 3. The van der Waals surface area contributed by atoms with Crippen molar-refractivity contribution in [3.63, 3.8) is 0 Å². The van der Waals surface area contributed by atoms with Crippen molar-refractivity contribution in [1.29, 1.82) is 0 Å². The van der Waals surface area contributed by atoms with Gasteiger partial charge in [-0.25, -0.2) is 4.39 Å². The summed E-state index contributed by atoms with van der Waals surface area (Å²) < 4.78 is 13.8. The van der Waals surface area contributed by atoms with Crippen LogP contribution in [0.15, 0.2) is 24.3 Å². The largest absolute Gasteiger partial charge is 0.480 e. The first-order chi connectivity index (χ1) is 9.44. The van der Waals surface area contributed by atoms with E-state index in [0.717, 1.165) is 0 Å². The van der Waals surface area contributed by atoms with Crippen LogP contribution in [0.3, 0.4) is 0 Å². The standard InChI is InChI=1S/C15H23FN2O2/c1-4-17-15(3,14(19)20)10-11-18(5-2)13-9-7-6-8-12(13)16/h6-9,17H,4-5,10-11H2,1-3H3,(H,19,20). The van der Waals surface area contributed by atoms with Crippen LogP contribution in [0.1, 0.15) is 27.2 Å². The molecule has 5 heteroatoms. The summed E-state index contributed by atoms with van der Waals surface area (Å²) >= 11 is 0. The molecule has 0 amide bonds. The summed E-state index contributed by atoms with van der Waals surface area (Å²) in [5, 5.41) is 12.3. The van der Waals surface area contributed by atoms with Crippen molar-refractivity contribution in [1.82, 2.24) is 5.32 Å². The lowest BCUT2D eigenvalue weighted by molar-refractivity contribution is -0.144. The molecule has 0 saturated heterocycles. The van der Waals surface area contributed by atoms with Gasteiger partial charge in [0.25, 0.3) is 0 Å².